The second kappa shape index (κ2) is 11.4. The molecule has 0 spiro atoms. The van der Waals surface area contributed by atoms with E-state index in [0.29, 0.717) is 5.56 Å². The van der Waals surface area contributed by atoms with E-state index in [0.717, 1.165) is 11.1 Å². The fraction of sp³-hybridized carbons (Fsp3) is 0.250. The number of urea groups is 1. The van der Waals surface area contributed by atoms with E-state index in [4.69, 9.17) is 0 Å². The fourth-order valence-corrected chi connectivity index (χ4v) is 3.65. The topological polar surface area (TPSA) is 116 Å². The number of halogens is 1. The molecule has 1 aliphatic heterocycles. The predicted molar refractivity (Wildman–Crippen MR) is 120 cm³/mol. The van der Waals surface area contributed by atoms with Crippen LogP contribution in [0.4, 0.5) is 9.18 Å². The van der Waals surface area contributed by atoms with Gasteiger partial charge in [0.25, 0.3) is 5.91 Å². The van der Waals surface area contributed by atoms with E-state index in [9.17, 15) is 28.7 Å². The monoisotopic (exact) mass is 477 g/mol. The van der Waals surface area contributed by atoms with Crippen LogP contribution in [0.5, 0.6) is 0 Å². The zero-order valence-electron chi connectivity index (χ0n) is 20.4. The molecule has 0 saturated carbocycles. The number of carbonyl (C=O) groups is 4. The summed E-state index contributed by atoms with van der Waals surface area (Å²) >= 11 is 0. The summed E-state index contributed by atoms with van der Waals surface area (Å²) in [5.41, 5.74) is 2.70. The summed E-state index contributed by atoms with van der Waals surface area (Å²) in [4.78, 5) is 49.9. The van der Waals surface area contributed by atoms with Crippen LogP contribution in [-0.2, 0) is 14.4 Å². The number of carboxylic acid groups (broad SMARTS) is 1. The molecule has 1 heterocycles. The Morgan fingerprint density at radius 3 is 2.47 bits per heavy atom. The number of rotatable bonds is 6. The summed E-state index contributed by atoms with van der Waals surface area (Å²) in [7, 11) is 1.45. The first-order chi connectivity index (χ1) is 15.6. The molecule has 0 bridgehead atoms. The molecular formula is C24H25FN3NaO5. The third-order valence-electron chi connectivity index (χ3n) is 5.32. The number of aryl methyl sites for hydroxylation is 1. The van der Waals surface area contributed by atoms with Crippen molar-refractivity contribution in [3.05, 3.63) is 71.2 Å². The molecule has 10 heteroatoms. The molecule has 1 unspecified atom stereocenters. The van der Waals surface area contributed by atoms with Crippen molar-refractivity contribution >= 4 is 23.7 Å². The summed E-state index contributed by atoms with van der Waals surface area (Å²) in [6, 6.07) is 8.10. The van der Waals surface area contributed by atoms with Gasteiger partial charge < -0.3 is 22.1 Å². The molecule has 0 fully saturated rings. The van der Waals surface area contributed by atoms with Crippen LogP contribution in [-0.4, -0.2) is 46.8 Å². The van der Waals surface area contributed by atoms with Crippen LogP contribution in [0.15, 0.2) is 54.2 Å². The predicted octanol–water partition coefficient (Wildman–Crippen LogP) is 0.0461. The number of ketones is 1. The Hall–Kier alpha value is -3.01. The molecule has 2 aromatic carbocycles. The normalized spacial score (nSPS) is 16.3. The summed E-state index contributed by atoms with van der Waals surface area (Å²) in [6.07, 6.45) is 0.757. The SMILES string of the molecule is CC1=CN(C)C(=O)C(NC(=O)N[C@@H](CC(=O)O)c2cc(-c3cccc(C)c3)ccc2F)C1=O.[H-].[Na+]. The smallest absolute Gasteiger partial charge is 1.00 e. The van der Waals surface area contributed by atoms with Gasteiger partial charge in [0.15, 0.2) is 11.8 Å². The van der Waals surface area contributed by atoms with Crippen molar-refractivity contribution in [1.82, 2.24) is 15.5 Å². The molecule has 1 aliphatic rings. The minimum Gasteiger partial charge on any atom is -1.00 e. The van der Waals surface area contributed by atoms with E-state index in [1.54, 1.807) is 6.07 Å². The van der Waals surface area contributed by atoms with Crippen molar-refractivity contribution in [2.45, 2.75) is 32.4 Å². The van der Waals surface area contributed by atoms with Crippen LogP contribution < -0.4 is 40.2 Å². The van der Waals surface area contributed by atoms with E-state index in [-0.39, 0.29) is 42.1 Å². The van der Waals surface area contributed by atoms with E-state index >= 15 is 0 Å². The number of hydrogen-bond donors (Lipinski definition) is 3. The average Bonchev–Trinajstić information content (AvgIpc) is 2.75. The van der Waals surface area contributed by atoms with Crippen molar-refractivity contribution in [3.63, 3.8) is 0 Å². The van der Waals surface area contributed by atoms with E-state index in [1.807, 2.05) is 31.2 Å². The number of benzene rings is 2. The minimum absolute atomic E-state index is 0. The first-order valence-electron chi connectivity index (χ1n) is 10.2. The maximum absolute atomic E-state index is 14.7. The number of likely N-dealkylation sites (N-methyl/N-ethyl adjacent to an activating group) is 1. The second-order valence-electron chi connectivity index (χ2n) is 7.93. The van der Waals surface area contributed by atoms with Gasteiger partial charge in [-0.05, 0) is 37.1 Å². The molecule has 3 N–H and O–H groups in total. The third kappa shape index (κ3) is 6.31. The number of hydrogen-bond acceptors (Lipinski definition) is 4. The molecule has 8 nitrogen and oxygen atoms in total. The van der Waals surface area contributed by atoms with Gasteiger partial charge in [-0.3, -0.25) is 14.4 Å². The number of carboxylic acids is 1. The second-order valence-corrected chi connectivity index (χ2v) is 7.93. The number of nitrogens with zero attached hydrogens (tertiary/aromatic N) is 1. The quantitative estimate of drug-likeness (QED) is 0.402. The van der Waals surface area contributed by atoms with Gasteiger partial charge in [0, 0.05) is 24.4 Å². The molecule has 3 rings (SSSR count). The van der Waals surface area contributed by atoms with E-state index in [2.05, 4.69) is 10.6 Å². The van der Waals surface area contributed by atoms with E-state index < -0.39 is 48.0 Å². The van der Waals surface area contributed by atoms with Gasteiger partial charge in [-0.2, -0.15) is 0 Å². The van der Waals surface area contributed by atoms with Crippen molar-refractivity contribution in [3.8, 4) is 11.1 Å². The minimum atomic E-state index is -1.45. The number of amides is 3. The van der Waals surface area contributed by atoms with Crippen LogP contribution in [0.25, 0.3) is 11.1 Å². The van der Waals surface area contributed by atoms with Crippen LogP contribution in [0, 0.1) is 12.7 Å². The molecule has 0 radical (unpaired) electrons. The van der Waals surface area contributed by atoms with Gasteiger partial charge in [-0.15, -0.1) is 0 Å². The first kappa shape index (κ1) is 27.2. The molecule has 3 amide bonds. The fourth-order valence-electron chi connectivity index (χ4n) is 3.65. The molecule has 34 heavy (non-hydrogen) atoms. The largest absolute Gasteiger partial charge is 1.00 e. The van der Waals surface area contributed by atoms with Gasteiger partial charge >= 0.3 is 41.6 Å². The Bertz CT molecular complexity index is 1170. The van der Waals surface area contributed by atoms with Crippen LogP contribution in [0.1, 0.15) is 31.9 Å². The van der Waals surface area contributed by atoms with Gasteiger partial charge in [0.05, 0.1) is 12.5 Å². The average molecular weight is 477 g/mol. The molecule has 2 aromatic rings. The van der Waals surface area contributed by atoms with Gasteiger partial charge in [-0.1, -0.05) is 35.9 Å². The first-order valence-corrected chi connectivity index (χ1v) is 10.2. The van der Waals surface area contributed by atoms with Gasteiger partial charge in [0.1, 0.15) is 5.82 Å². The summed E-state index contributed by atoms with van der Waals surface area (Å²) < 4.78 is 14.7. The standard InChI is InChI=1S/C24H24FN3O5.Na.H/c1-13-5-4-6-15(9-13)16-7-8-18(25)17(10-16)19(11-20(29)30)26-24(33)27-21-22(31)14(2)12-28(3)23(21)32;;/h4-10,12,19,21H,11H2,1-3H3,(H,29,30)(H2,26,27,33);;/q;+1;-1/t19-,21?;;/m0../s1. The van der Waals surface area contributed by atoms with Crippen molar-refractivity contribution in [2.75, 3.05) is 7.05 Å². The zero-order chi connectivity index (χ0) is 24.3. The summed E-state index contributed by atoms with van der Waals surface area (Å²) in [5.74, 6) is -3.16. The molecule has 174 valence electrons. The summed E-state index contributed by atoms with van der Waals surface area (Å²) in [5, 5.41) is 14.0. The van der Waals surface area contributed by atoms with Gasteiger partial charge in [-0.25, -0.2) is 9.18 Å². The Balaban J connectivity index is 0.00000306. The van der Waals surface area contributed by atoms with Gasteiger partial charge in [0.2, 0.25) is 0 Å². The zero-order valence-corrected chi connectivity index (χ0v) is 21.4. The number of Topliss-reactive ketones (excluding diaryl/α,β-unsaturated/α-hetero) is 1. The Morgan fingerprint density at radius 2 is 1.82 bits per heavy atom. The Labute approximate surface area is 220 Å². The van der Waals surface area contributed by atoms with Crippen molar-refractivity contribution in [1.29, 1.82) is 0 Å². The van der Waals surface area contributed by atoms with E-state index in [1.165, 1.54) is 37.2 Å². The molecular weight excluding hydrogens is 452 g/mol. The molecule has 2 atom stereocenters. The Morgan fingerprint density at radius 1 is 1.15 bits per heavy atom. The number of carbonyl (C=O) groups excluding carboxylic acids is 3. The third-order valence-corrected chi connectivity index (χ3v) is 5.32. The summed E-state index contributed by atoms with van der Waals surface area (Å²) in [6.45, 7) is 3.42. The van der Waals surface area contributed by atoms with Crippen LogP contribution >= 0.6 is 0 Å². The van der Waals surface area contributed by atoms with Crippen molar-refractivity contribution < 1.29 is 59.7 Å². The van der Waals surface area contributed by atoms with Crippen molar-refractivity contribution in [2.24, 2.45) is 0 Å². The number of aliphatic carboxylic acids is 1. The molecule has 0 aliphatic carbocycles. The maximum Gasteiger partial charge on any atom is 1.00 e. The van der Waals surface area contributed by atoms with Crippen LogP contribution in [0.2, 0.25) is 0 Å². The molecule has 0 saturated heterocycles. The van der Waals surface area contributed by atoms with Crippen LogP contribution in [0.3, 0.4) is 0 Å². The molecule has 0 aromatic heterocycles. The Kier molecular flexibility index (Phi) is 9.14. The number of nitrogens with one attached hydrogen (secondary N) is 2. The maximum atomic E-state index is 14.7.